The molecule has 0 spiro atoms. The fourth-order valence-corrected chi connectivity index (χ4v) is 3.64. The second-order valence-corrected chi connectivity index (χ2v) is 7.92. The minimum Gasteiger partial charge on any atom is -0.507 e. The fourth-order valence-electron chi connectivity index (χ4n) is 3.64. The lowest BCUT2D eigenvalue weighted by Gasteiger charge is -2.23. The van der Waals surface area contributed by atoms with E-state index in [9.17, 15) is 9.90 Å². The first-order valence-corrected chi connectivity index (χ1v) is 9.74. The van der Waals surface area contributed by atoms with E-state index in [1.165, 1.54) is 11.1 Å². The normalized spacial score (nSPS) is 12.9. The van der Waals surface area contributed by atoms with Crippen LogP contribution in [0.4, 0.5) is 0 Å². The van der Waals surface area contributed by atoms with Crippen molar-refractivity contribution in [2.75, 3.05) is 0 Å². The Labute approximate surface area is 167 Å². The summed E-state index contributed by atoms with van der Waals surface area (Å²) in [6.45, 7) is 11.5. The maximum Gasteiger partial charge on any atom is 0.338 e. The molecule has 146 valence electrons. The molecule has 1 aliphatic carbocycles. The highest BCUT2D eigenvalue weighted by Gasteiger charge is 2.25. The van der Waals surface area contributed by atoms with Gasteiger partial charge in [0.15, 0.2) is 0 Å². The number of rotatable bonds is 5. The Morgan fingerprint density at radius 1 is 1.21 bits per heavy atom. The standard InChI is InChI=1S/C25H28O3/c1-15(2)7-6-8-18-10-12-19-22(14-18)24(28-25(27)16(3)4)20-11-9-17(5)13-21(20)23(19)26/h7,9-11,13,26H,3,6,8,12,14H2,1-2,4-5H3. The maximum absolute atomic E-state index is 12.3. The molecule has 0 saturated heterocycles. The predicted molar refractivity (Wildman–Crippen MR) is 115 cm³/mol. The average molecular weight is 376 g/mol. The number of fused-ring (bicyclic) bond motifs is 2. The van der Waals surface area contributed by atoms with Gasteiger partial charge in [-0.05, 0) is 59.4 Å². The van der Waals surface area contributed by atoms with E-state index in [-0.39, 0.29) is 0 Å². The van der Waals surface area contributed by atoms with Crippen LogP contribution in [0.5, 0.6) is 11.5 Å². The number of aryl methyl sites for hydroxylation is 1. The third-order valence-electron chi connectivity index (χ3n) is 5.16. The molecule has 0 aromatic heterocycles. The predicted octanol–water partition coefficient (Wildman–Crippen LogP) is 6.11. The Hall–Kier alpha value is -2.81. The van der Waals surface area contributed by atoms with Crippen LogP contribution in [0.1, 0.15) is 50.3 Å². The van der Waals surface area contributed by atoms with Crippen LogP contribution in [0.25, 0.3) is 10.8 Å². The highest BCUT2D eigenvalue weighted by molar-refractivity contribution is 5.99. The number of esters is 1. The van der Waals surface area contributed by atoms with Gasteiger partial charge in [-0.2, -0.15) is 0 Å². The van der Waals surface area contributed by atoms with Gasteiger partial charge in [0.05, 0.1) is 0 Å². The summed E-state index contributed by atoms with van der Waals surface area (Å²) in [5.41, 5.74) is 5.80. The molecule has 0 bridgehead atoms. The number of ether oxygens (including phenoxy) is 1. The van der Waals surface area contributed by atoms with Gasteiger partial charge < -0.3 is 9.84 Å². The maximum atomic E-state index is 12.3. The number of carbonyl (C=O) groups excluding carboxylic acids is 1. The second-order valence-electron chi connectivity index (χ2n) is 7.92. The Balaban J connectivity index is 2.09. The quantitative estimate of drug-likeness (QED) is 0.296. The van der Waals surface area contributed by atoms with Gasteiger partial charge in [0, 0.05) is 27.5 Å². The number of allylic oxidation sites excluding steroid dienone is 4. The fraction of sp³-hybridized carbons (Fsp3) is 0.320. The number of phenols is 1. The molecule has 3 heteroatoms. The van der Waals surface area contributed by atoms with Gasteiger partial charge in [0.25, 0.3) is 0 Å². The van der Waals surface area contributed by atoms with Crippen LogP contribution in [-0.2, 0) is 17.6 Å². The van der Waals surface area contributed by atoms with Crippen molar-refractivity contribution in [2.45, 2.75) is 53.4 Å². The summed E-state index contributed by atoms with van der Waals surface area (Å²) in [4.78, 5) is 12.3. The van der Waals surface area contributed by atoms with Crippen molar-refractivity contribution in [3.05, 3.63) is 70.3 Å². The lowest BCUT2D eigenvalue weighted by molar-refractivity contribution is -0.130. The number of aromatic hydroxyl groups is 1. The molecule has 0 amide bonds. The van der Waals surface area contributed by atoms with Crippen molar-refractivity contribution in [3.63, 3.8) is 0 Å². The summed E-state index contributed by atoms with van der Waals surface area (Å²) in [5, 5.41) is 12.4. The number of hydrogen-bond donors (Lipinski definition) is 1. The van der Waals surface area contributed by atoms with Crippen molar-refractivity contribution in [3.8, 4) is 11.5 Å². The van der Waals surface area contributed by atoms with Gasteiger partial charge in [0.2, 0.25) is 0 Å². The van der Waals surface area contributed by atoms with Crippen LogP contribution in [0.15, 0.2) is 53.6 Å². The topological polar surface area (TPSA) is 46.5 Å². The summed E-state index contributed by atoms with van der Waals surface area (Å²) >= 11 is 0. The Morgan fingerprint density at radius 2 is 1.96 bits per heavy atom. The SMILES string of the molecule is C=C(C)C(=O)Oc1c2c(c(O)c3cc(C)ccc13)CC=C(CCC=C(C)C)C2. The molecule has 2 aromatic carbocycles. The Bertz CT molecular complexity index is 1020. The van der Waals surface area contributed by atoms with Crippen LogP contribution >= 0.6 is 0 Å². The summed E-state index contributed by atoms with van der Waals surface area (Å²) in [5.74, 6) is 0.419. The molecule has 0 atom stereocenters. The summed E-state index contributed by atoms with van der Waals surface area (Å²) < 4.78 is 5.78. The highest BCUT2D eigenvalue weighted by Crippen LogP contribution is 2.44. The van der Waals surface area contributed by atoms with Gasteiger partial charge in [0.1, 0.15) is 11.5 Å². The molecule has 3 nitrogen and oxygen atoms in total. The van der Waals surface area contributed by atoms with E-state index in [4.69, 9.17) is 4.74 Å². The summed E-state index contributed by atoms with van der Waals surface area (Å²) in [6.07, 6.45) is 7.72. The van der Waals surface area contributed by atoms with Crippen LogP contribution in [0, 0.1) is 6.92 Å². The van der Waals surface area contributed by atoms with E-state index >= 15 is 0 Å². The molecule has 3 rings (SSSR count). The van der Waals surface area contributed by atoms with E-state index in [0.717, 1.165) is 40.3 Å². The van der Waals surface area contributed by atoms with E-state index in [1.807, 2.05) is 25.1 Å². The minimum absolute atomic E-state index is 0.295. The van der Waals surface area contributed by atoms with Crippen molar-refractivity contribution in [1.29, 1.82) is 0 Å². The molecule has 2 aromatic rings. The van der Waals surface area contributed by atoms with Crippen LogP contribution in [-0.4, -0.2) is 11.1 Å². The van der Waals surface area contributed by atoms with Gasteiger partial charge in [-0.15, -0.1) is 0 Å². The smallest absolute Gasteiger partial charge is 0.338 e. The zero-order valence-electron chi connectivity index (χ0n) is 17.2. The average Bonchev–Trinajstić information content (AvgIpc) is 2.64. The number of phenolic OH excluding ortho intramolecular Hbond substituents is 1. The van der Waals surface area contributed by atoms with Crippen molar-refractivity contribution >= 4 is 16.7 Å². The van der Waals surface area contributed by atoms with Crippen molar-refractivity contribution in [1.82, 2.24) is 0 Å². The van der Waals surface area contributed by atoms with Gasteiger partial charge in [-0.1, -0.05) is 47.6 Å². The zero-order valence-corrected chi connectivity index (χ0v) is 17.2. The lowest BCUT2D eigenvalue weighted by Crippen LogP contribution is -2.13. The molecule has 0 unspecified atom stereocenters. The first-order valence-electron chi connectivity index (χ1n) is 9.74. The molecule has 0 fully saturated rings. The third-order valence-corrected chi connectivity index (χ3v) is 5.16. The van der Waals surface area contributed by atoms with E-state index < -0.39 is 5.97 Å². The zero-order chi connectivity index (χ0) is 20.4. The first kappa shape index (κ1) is 19.9. The van der Waals surface area contributed by atoms with Crippen molar-refractivity contribution in [2.24, 2.45) is 0 Å². The summed E-state index contributed by atoms with van der Waals surface area (Å²) in [7, 11) is 0. The number of carbonyl (C=O) groups is 1. The van der Waals surface area contributed by atoms with Gasteiger partial charge in [-0.25, -0.2) is 4.79 Å². The lowest BCUT2D eigenvalue weighted by atomic mass is 9.85. The summed E-state index contributed by atoms with van der Waals surface area (Å²) in [6, 6.07) is 5.84. The minimum atomic E-state index is -0.435. The van der Waals surface area contributed by atoms with Crippen LogP contribution < -0.4 is 4.74 Å². The van der Waals surface area contributed by atoms with Gasteiger partial charge >= 0.3 is 5.97 Å². The Morgan fingerprint density at radius 3 is 2.64 bits per heavy atom. The molecule has 0 aliphatic heterocycles. The molecular formula is C25H28O3. The number of hydrogen-bond acceptors (Lipinski definition) is 3. The molecule has 1 N–H and O–H groups in total. The van der Waals surface area contributed by atoms with Crippen molar-refractivity contribution < 1.29 is 14.6 Å². The highest BCUT2D eigenvalue weighted by atomic mass is 16.5. The van der Waals surface area contributed by atoms with Crippen LogP contribution in [0.2, 0.25) is 0 Å². The molecular weight excluding hydrogens is 348 g/mol. The monoisotopic (exact) mass is 376 g/mol. The Kier molecular flexibility index (Phi) is 5.73. The molecule has 0 heterocycles. The molecule has 0 radical (unpaired) electrons. The first-order chi connectivity index (χ1) is 13.3. The van der Waals surface area contributed by atoms with Gasteiger partial charge in [-0.3, -0.25) is 0 Å². The second kappa shape index (κ2) is 8.05. The van der Waals surface area contributed by atoms with E-state index in [2.05, 4.69) is 32.6 Å². The molecule has 28 heavy (non-hydrogen) atoms. The van der Waals surface area contributed by atoms with E-state index in [1.54, 1.807) is 6.92 Å². The largest absolute Gasteiger partial charge is 0.507 e. The third kappa shape index (κ3) is 4.04. The number of benzene rings is 2. The van der Waals surface area contributed by atoms with Crippen LogP contribution in [0.3, 0.4) is 0 Å². The molecule has 1 aliphatic rings. The van der Waals surface area contributed by atoms with E-state index in [0.29, 0.717) is 29.9 Å². The molecule has 0 saturated carbocycles.